The Morgan fingerprint density at radius 2 is 1.94 bits per heavy atom. The Morgan fingerprint density at radius 3 is 2.44 bits per heavy atom. The van der Waals surface area contributed by atoms with Gasteiger partial charge in [0.2, 0.25) is 0 Å². The van der Waals surface area contributed by atoms with Crippen molar-refractivity contribution in [2.45, 2.75) is 33.1 Å². The van der Waals surface area contributed by atoms with Gasteiger partial charge >= 0.3 is 11.9 Å². The van der Waals surface area contributed by atoms with Gasteiger partial charge in [0.05, 0.1) is 13.0 Å². The zero-order valence-electron chi connectivity index (χ0n) is 11.0. The monoisotopic (exact) mass is 276 g/mol. The van der Waals surface area contributed by atoms with E-state index in [9.17, 15) is 14.7 Å². The van der Waals surface area contributed by atoms with Gasteiger partial charge in [-0.2, -0.15) is 0 Å². The first-order valence-corrected chi connectivity index (χ1v) is 5.88. The Hall–Kier alpha value is -1.03. The fourth-order valence-electron chi connectivity index (χ4n) is 2.59. The number of carbonyl (C=O) groups excluding carboxylic acids is 1. The number of carboxylic acids is 1. The SMILES string of the molecule is COC(=O)C=CC1CCCC(C(=O)O)C1(C)C.Cl. The molecule has 0 bridgehead atoms. The lowest BCUT2D eigenvalue weighted by Gasteiger charge is -2.41. The zero-order valence-corrected chi connectivity index (χ0v) is 11.8. The van der Waals surface area contributed by atoms with Crippen molar-refractivity contribution in [3.8, 4) is 0 Å². The van der Waals surface area contributed by atoms with Gasteiger partial charge in [0.1, 0.15) is 0 Å². The van der Waals surface area contributed by atoms with Gasteiger partial charge in [-0.1, -0.05) is 26.3 Å². The van der Waals surface area contributed by atoms with Crippen LogP contribution in [0.1, 0.15) is 33.1 Å². The van der Waals surface area contributed by atoms with Crippen LogP contribution in [0.25, 0.3) is 0 Å². The molecule has 104 valence electrons. The maximum atomic E-state index is 11.2. The van der Waals surface area contributed by atoms with Crippen molar-refractivity contribution in [2.24, 2.45) is 17.3 Å². The highest BCUT2D eigenvalue weighted by molar-refractivity contribution is 5.85. The zero-order chi connectivity index (χ0) is 13.1. The molecule has 2 atom stereocenters. The van der Waals surface area contributed by atoms with Crippen LogP contribution >= 0.6 is 12.4 Å². The van der Waals surface area contributed by atoms with Crippen molar-refractivity contribution < 1.29 is 19.4 Å². The molecule has 0 spiro atoms. The molecule has 18 heavy (non-hydrogen) atoms. The number of hydrogen-bond donors (Lipinski definition) is 1. The van der Waals surface area contributed by atoms with Crippen molar-refractivity contribution in [2.75, 3.05) is 7.11 Å². The molecule has 0 aliphatic heterocycles. The number of methoxy groups -OCH3 is 1. The van der Waals surface area contributed by atoms with Crippen LogP contribution in [0, 0.1) is 17.3 Å². The lowest BCUT2D eigenvalue weighted by Crippen LogP contribution is -2.40. The summed E-state index contributed by atoms with van der Waals surface area (Å²) in [4.78, 5) is 22.2. The third-order valence-corrected chi connectivity index (χ3v) is 3.83. The normalized spacial score (nSPS) is 26.4. The maximum absolute atomic E-state index is 11.2. The molecule has 4 nitrogen and oxygen atoms in total. The number of carbonyl (C=O) groups is 2. The molecule has 0 saturated heterocycles. The Balaban J connectivity index is 0.00000289. The van der Waals surface area contributed by atoms with Crippen LogP contribution in [-0.4, -0.2) is 24.2 Å². The maximum Gasteiger partial charge on any atom is 0.330 e. The molecule has 0 aromatic heterocycles. The van der Waals surface area contributed by atoms with Crippen LogP contribution in [0.5, 0.6) is 0 Å². The smallest absolute Gasteiger partial charge is 0.330 e. The van der Waals surface area contributed by atoms with Crippen molar-refractivity contribution in [1.82, 2.24) is 0 Å². The number of rotatable bonds is 3. The standard InChI is InChI=1S/C13H20O4.ClH/c1-13(2)9(7-8-11(14)17-3)5-4-6-10(13)12(15)16;/h7-10H,4-6H2,1-3H3,(H,15,16);1H. The average Bonchev–Trinajstić information content (AvgIpc) is 2.25. The minimum atomic E-state index is -0.744. The highest BCUT2D eigenvalue weighted by atomic mass is 35.5. The summed E-state index contributed by atoms with van der Waals surface area (Å²) in [6.45, 7) is 3.91. The van der Waals surface area contributed by atoms with Crippen LogP contribution < -0.4 is 0 Å². The van der Waals surface area contributed by atoms with E-state index in [2.05, 4.69) is 4.74 Å². The first kappa shape index (κ1) is 17.0. The molecule has 5 heteroatoms. The Bertz CT molecular complexity index is 336. The second-order valence-electron chi connectivity index (χ2n) is 5.13. The number of halogens is 1. The minimum Gasteiger partial charge on any atom is -0.481 e. The van der Waals surface area contributed by atoms with Gasteiger partial charge in [0, 0.05) is 6.08 Å². The molecule has 0 radical (unpaired) electrons. The summed E-state index contributed by atoms with van der Waals surface area (Å²) in [6.07, 6.45) is 5.71. The molecule has 0 heterocycles. The fourth-order valence-corrected chi connectivity index (χ4v) is 2.59. The van der Waals surface area contributed by atoms with Crippen LogP contribution in [0.15, 0.2) is 12.2 Å². The highest BCUT2D eigenvalue weighted by Crippen LogP contribution is 2.45. The van der Waals surface area contributed by atoms with Gasteiger partial charge in [-0.3, -0.25) is 4.79 Å². The van der Waals surface area contributed by atoms with E-state index in [1.807, 2.05) is 13.8 Å². The first-order valence-electron chi connectivity index (χ1n) is 5.88. The van der Waals surface area contributed by atoms with E-state index in [1.165, 1.54) is 13.2 Å². The third kappa shape index (κ3) is 3.73. The third-order valence-electron chi connectivity index (χ3n) is 3.83. The molecular formula is C13H21ClO4. The van der Waals surface area contributed by atoms with Gasteiger partial charge in [0.15, 0.2) is 0 Å². The Kier molecular flexibility index (Phi) is 6.39. The summed E-state index contributed by atoms with van der Waals surface area (Å²) in [7, 11) is 1.33. The van der Waals surface area contributed by atoms with Gasteiger partial charge in [-0.25, -0.2) is 4.79 Å². The second kappa shape index (κ2) is 6.78. The summed E-state index contributed by atoms with van der Waals surface area (Å²) >= 11 is 0. The molecule has 0 aromatic rings. The summed E-state index contributed by atoms with van der Waals surface area (Å²) in [6, 6.07) is 0. The van der Waals surface area contributed by atoms with E-state index < -0.39 is 11.9 Å². The van der Waals surface area contributed by atoms with Crippen LogP contribution in [-0.2, 0) is 14.3 Å². The van der Waals surface area contributed by atoms with Crippen LogP contribution in [0.2, 0.25) is 0 Å². The van der Waals surface area contributed by atoms with Crippen molar-refractivity contribution in [1.29, 1.82) is 0 Å². The lowest BCUT2D eigenvalue weighted by atomic mass is 9.62. The molecule has 1 saturated carbocycles. The molecule has 1 rings (SSSR count). The predicted molar refractivity (Wildman–Crippen MR) is 70.7 cm³/mol. The van der Waals surface area contributed by atoms with E-state index in [1.54, 1.807) is 6.08 Å². The van der Waals surface area contributed by atoms with Gasteiger partial charge in [-0.15, -0.1) is 12.4 Å². The van der Waals surface area contributed by atoms with E-state index in [0.29, 0.717) is 6.42 Å². The summed E-state index contributed by atoms with van der Waals surface area (Å²) in [5, 5.41) is 9.20. The van der Waals surface area contributed by atoms with Crippen molar-refractivity contribution >= 4 is 24.3 Å². The van der Waals surface area contributed by atoms with E-state index in [4.69, 9.17) is 0 Å². The highest BCUT2D eigenvalue weighted by Gasteiger charge is 2.42. The van der Waals surface area contributed by atoms with Crippen molar-refractivity contribution in [3.63, 3.8) is 0 Å². The number of hydrogen-bond acceptors (Lipinski definition) is 3. The van der Waals surface area contributed by atoms with Gasteiger partial charge in [0.25, 0.3) is 0 Å². The number of aliphatic carboxylic acids is 1. The van der Waals surface area contributed by atoms with Gasteiger partial charge in [-0.05, 0) is 24.2 Å². The predicted octanol–water partition coefficient (Wildman–Crippen LogP) is 2.66. The molecule has 2 unspecified atom stereocenters. The fraction of sp³-hybridized carbons (Fsp3) is 0.692. The lowest BCUT2D eigenvalue weighted by molar-refractivity contribution is -0.149. The van der Waals surface area contributed by atoms with Crippen LogP contribution in [0.4, 0.5) is 0 Å². The largest absolute Gasteiger partial charge is 0.481 e. The minimum absolute atomic E-state index is 0. The number of ether oxygens (including phenoxy) is 1. The Morgan fingerprint density at radius 1 is 1.33 bits per heavy atom. The molecule has 1 aliphatic carbocycles. The summed E-state index contributed by atoms with van der Waals surface area (Å²) in [5.41, 5.74) is -0.325. The quantitative estimate of drug-likeness (QED) is 0.636. The summed E-state index contributed by atoms with van der Waals surface area (Å²) in [5.74, 6) is -1.37. The second-order valence-corrected chi connectivity index (χ2v) is 5.13. The molecule has 0 amide bonds. The summed E-state index contributed by atoms with van der Waals surface area (Å²) < 4.78 is 4.54. The number of esters is 1. The molecule has 1 aliphatic rings. The van der Waals surface area contributed by atoms with Crippen LogP contribution in [0.3, 0.4) is 0 Å². The molecule has 0 aromatic carbocycles. The molecular weight excluding hydrogens is 256 g/mol. The number of carboxylic acid groups (broad SMARTS) is 1. The van der Waals surface area contributed by atoms with E-state index >= 15 is 0 Å². The van der Waals surface area contributed by atoms with E-state index in [-0.39, 0.29) is 29.7 Å². The molecule has 1 fully saturated rings. The van der Waals surface area contributed by atoms with Crippen molar-refractivity contribution in [3.05, 3.63) is 12.2 Å². The first-order chi connectivity index (χ1) is 7.89. The topological polar surface area (TPSA) is 63.6 Å². The molecule has 1 N–H and O–H groups in total. The average molecular weight is 277 g/mol. The Labute approximate surface area is 114 Å². The van der Waals surface area contributed by atoms with Gasteiger partial charge < -0.3 is 9.84 Å². The van der Waals surface area contributed by atoms with E-state index in [0.717, 1.165) is 12.8 Å². The number of allylic oxidation sites excluding steroid dienone is 1.